The third kappa shape index (κ3) is 5.81. The van der Waals surface area contributed by atoms with Crippen molar-refractivity contribution < 1.29 is 13.2 Å². The van der Waals surface area contributed by atoms with E-state index in [1.165, 1.54) is 10.6 Å². The lowest BCUT2D eigenvalue weighted by molar-refractivity contribution is 0.0779. The summed E-state index contributed by atoms with van der Waals surface area (Å²) < 4.78 is 29.5. The molecule has 0 atom stereocenters. The van der Waals surface area contributed by atoms with Gasteiger partial charge in [0.2, 0.25) is 10.0 Å². The Morgan fingerprint density at radius 2 is 2.00 bits per heavy atom. The van der Waals surface area contributed by atoms with Gasteiger partial charge in [-0.3, -0.25) is 0 Å². The van der Waals surface area contributed by atoms with Gasteiger partial charge >= 0.3 is 0 Å². The van der Waals surface area contributed by atoms with Gasteiger partial charge in [-0.25, -0.2) is 12.7 Å². The van der Waals surface area contributed by atoms with Gasteiger partial charge in [-0.15, -0.1) is 0 Å². The maximum absolute atomic E-state index is 11.3. The van der Waals surface area contributed by atoms with Crippen molar-refractivity contribution in [1.29, 1.82) is 0 Å². The summed E-state index contributed by atoms with van der Waals surface area (Å²) in [6, 6.07) is 0.539. The average molecular weight is 264 g/mol. The maximum atomic E-state index is 11.3. The molecule has 0 amide bonds. The Hall–Kier alpha value is -0.170. The van der Waals surface area contributed by atoms with E-state index in [2.05, 4.69) is 5.32 Å². The van der Waals surface area contributed by atoms with Crippen molar-refractivity contribution in [1.82, 2.24) is 9.62 Å². The molecule has 1 aliphatic rings. The van der Waals surface area contributed by atoms with Gasteiger partial charge in [0.15, 0.2) is 0 Å². The Labute approximate surface area is 105 Å². The molecule has 17 heavy (non-hydrogen) atoms. The Bertz CT molecular complexity index is 300. The van der Waals surface area contributed by atoms with Gasteiger partial charge in [-0.1, -0.05) is 6.92 Å². The summed E-state index contributed by atoms with van der Waals surface area (Å²) in [5, 5.41) is 3.45. The number of ether oxygens (including phenoxy) is 1. The van der Waals surface area contributed by atoms with E-state index in [9.17, 15) is 8.42 Å². The molecule has 1 rings (SSSR count). The van der Waals surface area contributed by atoms with Crippen LogP contribution in [0, 0.1) is 0 Å². The highest BCUT2D eigenvalue weighted by atomic mass is 32.2. The molecule has 1 aliphatic heterocycles. The van der Waals surface area contributed by atoms with Gasteiger partial charge in [0.1, 0.15) is 0 Å². The number of hydrogen-bond donors (Lipinski definition) is 1. The summed E-state index contributed by atoms with van der Waals surface area (Å²) in [7, 11) is -3.03. The molecule has 1 fully saturated rings. The zero-order valence-electron chi connectivity index (χ0n) is 10.8. The van der Waals surface area contributed by atoms with Gasteiger partial charge < -0.3 is 10.1 Å². The summed E-state index contributed by atoms with van der Waals surface area (Å²) >= 11 is 0. The van der Waals surface area contributed by atoms with Crippen molar-refractivity contribution in [3.8, 4) is 0 Å². The van der Waals surface area contributed by atoms with Crippen molar-refractivity contribution in [2.24, 2.45) is 0 Å². The summed E-state index contributed by atoms with van der Waals surface area (Å²) in [5.74, 6) is 0. The summed E-state index contributed by atoms with van der Waals surface area (Å²) in [6.07, 6.45) is 4.24. The first-order valence-electron chi connectivity index (χ1n) is 6.30. The standard InChI is InChI=1S/C11H24N2O3S/c1-3-13(17(2,14)15)8-4-7-12-11-5-9-16-10-6-11/h11-12H,3-10H2,1-2H3. The van der Waals surface area contributed by atoms with E-state index in [4.69, 9.17) is 4.74 Å². The molecule has 102 valence electrons. The van der Waals surface area contributed by atoms with E-state index < -0.39 is 10.0 Å². The normalized spacial score (nSPS) is 18.8. The van der Waals surface area contributed by atoms with E-state index in [0.29, 0.717) is 19.1 Å². The number of nitrogens with zero attached hydrogens (tertiary/aromatic N) is 1. The van der Waals surface area contributed by atoms with Crippen LogP contribution in [-0.2, 0) is 14.8 Å². The lowest BCUT2D eigenvalue weighted by atomic mass is 10.1. The fourth-order valence-corrected chi connectivity index (χ4v) is 2.95. The minimum absolute atomic E-state index is 0.539. The molecule has 0 unspecified atom stereocenters. The zero-order chi connectivity index (χ0) is 12.7. The Morgan fingerprint density at radius 3 is 2.53 bits per heavy atom. The first kappa shape index (κ1) is 14.9. The second kappa shape index (κ2) is 7.31. The Balaban J connectivity index is 2.14. The molecule has 6 heteroatoms. The van der Waals surface area contributed by atoms with Crippen LogP contribution in [0.15, 0.2) is 0 Å². The largest absolute Gasteiger partial charge is 0.381 e. The van der Waals surface area contributed by atoms with Gasteiger partial charge in [-0.05, 0) is 25.8 Å². The van der Waals surface area contributed by atoms with Crippen molar-refractivity contribution in [3.05, 3.63) is 0 Å². The SMILES string of the molecule is CCN(CCCNC1CCOCC1)S(C)(=O)=O. The quantitative estimate of drug-likeness (QED) is 0.677. The highest BCUT2D eigenvalue weighted by Gasteiger charge is 2.15. The van der Waals surface area contributed by atoms with E-state index in [1.54, 1.807) is 0 Å². The first-order valence-corrected chi connectivity index (χ1v) is 8.15. The maximum Gasteiger partial charge on any atom is 0.211 e. The minimum Gasteiger partial charge on any atom is -0.381 e. The molecule has 0 aromatic carbocycles. The second-order valence-electron chi connectivity index (χ2n) is 4.45. The van der Waals surface area contributed by atoms with E-state index in [0.717, 1.165) is 39.0 Å². The van der Waals surface area contributed by atoms with Crippen LogP contribution >= 0.6 is 0 Å². The molecular weight excluding hydrogens is 240 g/mol. The van der Waals surface area contributed by atoms with Crippen molar-refractivity contribution in [2.45, 2.75) is 32.2 Å². The van der Waals surface area contributed by atoms with Crippen LogP contribution in [0.5, 0.6) is 0 Å². The smallest absolute Gasteiger partial charge is 0.211 e. The predicted octanol–water partition coefficient (Wildman–Crippen LogP) is 0.427. The van der Waals surface area contributed by atoms with Crippen LogP contribution in [-0.4, -0.2) is 57.9 Å². The molecule has 0 spiro atoms. The van der Waals surface area contributed by atoms with Crippen LogP contribution in [0.1, 0.15) is 26.2 Å². The van der Waals surface area contributed by atoms with E-state index in [1.807, 2.05) is 6.92 Å². The zero-order valence-corrected chi connectivity index (χ0v) is 11.6. The molecule has 0 aromatic heterocycles. The molecule has 1 saturated heterocycles. The second-order valence-corrected chi connectivity index (χ2v) is 6.43. The highest BCUT2D eigenvalue weighted by Crippen LogP contribution is 2.06. The monoisotopic (exact) mass is 264 g/mol. The lowest BCUT2D eigenvalue weighted by Crippen LogP contribution is -2.37. The number of hydrogen-bond acceptors (Lipinski definition) is 4. The van der Waals surface area contributed by atoms with E-state index in [-0.39, 0.29) is 0 Å². The summed E-state index contributed by atoms with van der Waals surface area (Å²) in [5.41, 5.74) is 0. The molecule has 0 bridgehead atoms. The fraction of sp³-hybridized carbons (Fsp3) is 1.00. The lowest BCUT2D eigenvalue weighted by Gasteiger charge is -2.24. The Kier molecular flexibility index (Phi) is 6.40. The molecule has 0 aromatic rings. The third-order valence-corrected chi connectivity index (χ3v) is 4.44. The van der Waals surface area contributed by atoms with Gasteiger partial charge in [0, 0.05) is 32.3 Å². The number of nitrogens with one attached hydrogen (secondary N) is 1. The van der Waals surface area contributed by atoms with Crippen LogP contribution in [0.3, 0.4) is 0 Å². The van der Waals surface area contributed by atoms with Gasteiger partial charge in [-0.2, -0.15) is 0 Å². The van der Waals surface area contributed by atoms with Crippen LogP contribution in [0.4, 0.5) is 0 Å². The number of sulfonamides is 1. The molecule has 1 N–H and O–H groups in total. The first-order chi connectivity index (χ1) is 8.04. The fourth-order valence-electron chi connectivity index (χ4n) is 2.02. The number of rotatable bonds is 7. The van der Waals surface area contributed by atoms with Crippen LogP contribution in [0.25, 0.3) is 0 Å². The molecular formula is C11H24N2O3S. The van der Waals surface area contributed by atoms with Crippen molar-refractivity contribution >= 4 is 10.0 Å². The van der Waals surface area contributed by atoms with Crippen molar-refractivity contribution in [3.63, 3.8) is 0 Å². The average Bonchev–Trinajstić information content (AvgIpc) is 2.28. The molecule has 1 heterocycles. The Morgan fingerprint density at radius 1 is 1.35 bits per heavy atom. The minimum atomic E-state index is -3.03. The van der Waals surface area contributed by atoms with Gasteiger partial charge in [0.05, 0.1) is 6.26 Å². The van der Waals surface area contributed by atoms with E-state index >= 15 is 0 Å². The summed E-state index contributed by atoms with van der Waals surface area (Å²) in [4.78, 5) is 0. The predicted molar refractivity (Wildman–Crippen MR) is 68.6 cm³/mol. The molecule has 5 nitrogen and oxygen atoms in total. The molecule has 0 aliphatic carbocycles. The topological polar surface area (TPSA) is 58.6 Å². The summed E-state index contributed by atoms with van der Waals surface area (Å²) in [6.45, 7) is 5.56. The van der Waals surface area contributed by atoms with Crippen molar-refractivity contribution in [2.75, 3.05) is 39.1 Å². The van der Waals surface area contributed by atoms with Crippen LogP contribution < -0.4 is 5.32 Å². The molecule has 0 radical (unpaired) electrons. The molecule has 0 saturated carbocycles. The highest BCUT2D eigenvalue weighted by molar-refractivity contribution is 7.88. The van der Waals surface area contributed by atoms with Crippen LogP contribution in [0.2, 0.25) is 0 Å². The van der Waals surface area contributed by atoms with Gasteiger partial charge in [0.25, 0.3) is 0 Å². The third-order valence-electron chi connectivity index (χ3n) is 3.06.